The molecule has 0 atom stereocenters. The first-order chi connectivity index (χ1) is 5.46. The van der Waals surface area contributed by atoms with E-state index in [1.54, 1.807) is 0 Å². The second-order valence-corrected chi connectivity index (χ2v) is 14.6. The number of ether oxygens (including phenoxy) is 1. The van der Waals surface area contributed by atoms with Crippen LogP contribution in [-0.4, -0.2) is 13.1 Å². The number of rotatable bonds is 2. The van der Waals surface area contributed by atoms with Gasteiger partial charge in [0.05, 0.1) is 12.5 Å². The van der Waals surface area contributed by atoms with E-state index >= 15 is 0 Å². The van der Waals surface area contributed by atoms with Gasteiger partial charge in [-0.3, -0.25) is 4.79 Å². The summed E-state index contributed by atoms with van der Waals surface area (Å²) in [4.78, 5) is 10.8. The van der Waals surface area contributed by atoms with Crippen LogP contribution >= 0.6 is 40.0 Å². The van der Waals surface area contributed by atoms with Crippen molar-refractivity contribution in [2.45, 2.75) is 27.2 Å². The number of methoxy groups -OCH3 is 1. The molecule has 0 N–H and O–H groups in total. The molecule has 0 unspecified atom stereocenters. The third kappa shape index (κ3) is 8.13. The van der Waals surface area contributed by atoms with E-state index in [9.17, 15) is 4.79 Å². The van der Waals surface area contributed by atoms with Crippen molar-refractivity contribution in [2.75, 3.05) is 7.11 Å². The Kier molecular flexibility index (Phi) is 12.1. The average molecular weight is 435 g/mol. The van der Waals surface area contributed by atoms with E-state index in [1.165, 1.54) is 7.11 Å². The van der Waals surface area contributed by atoms with Crippen molar-refractivity contribution >= 4 is 45.9 Å². The Morgan fingerprint density at radius 2 is 1.83 bits per heavy atom. The fourth-order valence-corrected chi connectivity index (χ4v) is 0.421. The van der Waals surface area contributed by atoms with Gasteiger partial charge in [0.15, 0.2) is 0 Å². The fourth-order valence-electron chi connectivity index (χ4n) is 0.421. The van der Waals surface area contributed by atoms with Gasteiger partial charge >= 0.3 is 55.4 Å². The Hall–Kier alpha value is 1.51. The predicted molar refractivity (Wildman–Crippen MR) is 64.1 cm³/mol. The van der Waals surface area contributed by atoms with Gasteiger partial charge in [0.2, 0.25) is 0 Å². The third-order valence-electron chi connectivity index (χ3n) is 1.62. The molecule has 12 heavy (non-hydrogen) atoms. The van der Waals surface area contributed by atoms with Crippen LogP contribution in [0.25, 0.3) is 0 Å². The summed E-state index contributed by atoms with van der Waals surface area (Å²) in [6.07, 6.45) is 0.819. The molecule has 0 aromatic heterocycles. The van der Waals surface area contributed by atoms with E-state index in [1.807, 2.05) is 20.8 Å². The van der Waals surface area contributed by atoms with Crippen molar-refractivity contribution in [3.05, 3.63) is 0 Å². The van der Waals surface area contributed by atoms with E-state index in [2.05, 4.69) is 44.7 Å². The SMILES string of the molecule is CCC(C)(C)C(=O)OC.[I][V][I]. The Balaban J connectivity index is 0. The number of hydrogen-bond donors (Lipinski definition) is 0. The standard InChI is InChI=1S/C7H14O2.2HI.V/c1-5-7(2,3)6(8)9-4;;;/h5H2,1-4H3;2*1H;/q;;;+2/p-2. The minimum atomic E-state index is -0.311. The molecule has 0 saturated heterocycles. The van der Waals surface area contributed by atoms with Gasteiger partial charge < -0.3 is 4.74 Å². The van der Waals surface area contributed by atoms with Crippen molar-refractivity contribution in [1.29, 1.82) is 0 Å². The summed E-state index contributed by atoms with van der Waals surface area (Å²) < 4.78 is 4.57. The van der Waals surface area contributed by atoms with Crippen molar-refractivity contribution < 1.29 is 19.0 Å². The quantitative estimate of drug-likeness (QED) is 0.492. The Morgan fingerprint density at radius 1 is 1.50 bits per heavy atom. The van der Waals surface area contributed by atoms with E-state index in [0.29, 0.717) is 9.47 Å². The van der Waals surface area contributed by atoms with Gasteiger partial charge in [-0.25, -0.2) is 0 Å². The molecule has 0 amide bonds. The van der Waals surface area contributed by atoms with Gasteiger partial charge in [-0.05, 0) is 20.3 Å². The van der Waals surface area contributed by atoms with E-state index in [4.69, 9.17) is 0 Å². The molecule has 0 aromatic carbocycles. The van der Waals surface area contributed by atoms with Crippen LogP contribution in [0, 0.1) is 5.41 Å². The third-order valence-corrected chi connectivity index (χ3v) is 1.62. The average Bonchev–Trinajstić information content (AvgIpc) is 2.04. The second kappa shape index (κ2) is 9.08. The van der Waals surface area contributed by atoms with E-state index in [-0.39, 0.29) is 11.4 Å². The molecule has 0 radical (unpaired) electrons. The number of hydrogen-bond acceptors (Lipinski definition) is 2. The second-order valence-electron chi connectivity index (χ2n) is 2.79. The molecule has 73 valence electrons. The first-order valence-electron chi connectivity index (χ1n) is 3.47. The zero-order valence-corrected chi connectivity index (χ0v) is 13.4. The predicted octanol–water partition coefficient (Wildman–Crippen LogP) is 3.36. The Labute approximate surface area is 103 Å². The van der Waals surface area contributed by atoms with Gasteiger partial charge in [0, 0.05) is 0 Å². The zero-order chi connectivity index (χ0) is 10.2. The molecule has 0 spiro atoms. The molecule has 0 heterocycles. The molecule has 0 bridgehead atoms. The summed E-state index contributed by atoms with van der Waals surface area (Å²) in [5, 5.41) is 0. The van der Waals surface area contributed by atoms with Crippen molar-refractivity contribution in [2.24, 2.45) is 5.41 Å². The molecule has 0 aromatic rings. The Bertz CT molecular complexity index is 129. The number of carbonyl (C=O) groups is 1. The van der Waals surface area contributed by atoms with Gasteiger partial charge in [-0.1, -0.05) is 6.92 Å². The monoisotopic (exact) mass is 435 g/mol. The van der Waals surface area contributed by atoms with Crippen LogP contribution < -0.4 is 0 Å². The normalized spacial score (nSPS) is 9.50. The van der Waals surface area contributed by atoms with Crippen LogP contribution in [0.1, 0.15) is 27.2 Å². The first kappa shape index (κ1) is 16.0. The maximum atomic E-state index is 10.8. The molecule has 0 aliphatic heterocycles. The Morgan fingerprint density at radius 3 is 1.92 bits per heavy atom. The topological polar surface area (TPSA) is 26.3 Å². The molecule has 0 rings (SSSR count). The summed E-state index contributed by atoms with van der Waals surface area (Å²) in [5.74, 6) is -0.134. The van der Waals surface area contributed by atoms with Crippen LogP contribution in [0.15, 0.2) is 0 Å². The van der Waals surface area contributed by atoms with Crippen LogP contribution in [0.4, 0.5) is 0 Å². The molecular formula is C7H14I2O2V. The van der Waals surface area contributed by atoms with Crippen molar-refractivity contribution in [3.8, 4) is 0 Å². The van der Waals surface area contributed by atoms with Crippen molar-refractivity contribution in [3.63, 3.8) is 0 Å². The van der Waals surface area contributed by atoms with Gasteiger partial charge in [0.25, 0.3) is 0 Å². The molecular weight excluding hydrogens is 421 g/mol. The molecule has 0 aliphatic carbocycles. The summed E-state index contributed by atoms with van der Waals surface area (Å²) in [6, 6.07) is 0. The maximum absolute atomic E-state index is 10.8. The number of halogens is 2. The molecule has 2 nitrogen and oxygen atoms in total. The summed E-state index contributed by atoms with van der Waals surface area (Å²) in [6.45, 7) is 5.72. The molecule has 0 aliphatic rings. The molecule has 0 fully saturated rings. The van der Waals surface area contributed by atoms with E-state index in [0.717, 1.165) is 6.42 Å². The van der Waals surface area contributed by atoms with Crippen LogP contribution in [-0.2, 0) is 19.0 Å². The molecule has 5 heteroatoms. The van der Waals surface area contributed by atoms with Crippen LogP contribution in [0.5, 0.6) is 0 Å². The summed E-state index contributed by atoms with van der Waals surface area (Å²) in [7, 11) is 2.04. The number of esters is 1. The molecule has 0 saturated carbocycles. The minimum absolute atomic E-state index is 0.134. The van der Waals surface area contributed by atoms with Gasteiger partial charge in [-0.2, -0.15) is 0 Å². The number of carbonyl (C=O) groups excluding carboxylic acids is 1. The fraction of sp³-hybridized carbons (Fsp3) is 0.857. The summed E-state index contributed by atoms with van der Waals surface area (Å²) in [5.41, 5.74) is -0.311. The first-order valence-corrected chi connectivity index (χ1v) is 12.5. The van der Waals surface area contributed by atoms with Gasteiger partial charge in [-0.15, -0.1) is 0 Å². The van der Waals surface area contributed by atoms with Crippen LogP contribution in [0.3, 0.4) is 0 Å². The van der Waals surface area contributed by atoms with E-state index < -0.39 is 0 Å². The zero-order valence-electron chi connectivity index (χ0n) is 7.73. The van der Waals surface area contributed by atoms with Crippen molar-refractivity contribution in [1.82, 2.24) is 0 Å². The van der Waals surface area contributed by atoms with Gasteiger partial charge in [0.1, 0.15) is 0 Å². The van der Waals surface area contributed by atoms with Crippen LogP contribution in [0.2, 0.25) is 0 Å². The summed E-state index contributed by atoms with van der Waals surface area (Å²) >= 11 is 4.74.